The van der Waals surface area contributed by atoms with Crippen molar-refractivity contribution in [1.82, 2.24) is 0 Å². The topological polar surface area (TPSA) is 71.9 Å². The Morgan fingerprint density at radius 3 is 1.69 bits per heavy atom. The maximum Gasteiger partial charge on any atom is 0.422 e. The van der Waals surface area contributed by atoms with Crippen LogP contribution in [0.1, 0.15) is 19.4 Å². The lowest BCUT2D eigenvalue weighted by atomic mass is 10.2. The van der Waals surface area contributed by atoms with Crippen LogP contribution in [0.4, 0.5) is 11.4 Å². The van der Waals surface area contributed by atoms with E-state index in [-0.39, 0.29) is 4.90 Å². The maximum atomic E-state index is 14.2. The maximum absolute atomic E-state index is 14.2. The Labute approximate surface area is 252 Å². The van der Waals surface area contributed by atoms with Crippen LogP contribution in [0.5, 0.6) is 5.75 Å². The second-order valence-electron chi connectivity index (χ2n) is 10.3. The van der Waals surface area contributed by atoms with Crippen molar-refractivity contribution in [3.8, 4) is 5.75 Å². The molecular weight excluding hydrogens is 569 g/mol. The first-order valence-corrected chi connectivity index (χ1v) is 16.8. The first-order valence-electron chi connectivity index (χ1n) is 13.8. The van der Waals surface area contributed by atoms with E-state index in [1.54, 1.807) is 24.3 Å². The summed E-state index contributed by atoms with van der Waals surface area (Å²) < 4.78 is 44.8. The molecule has 4 aromatic carbocycles. The molecule has 0 aliphatic rings. The van der Waals surface area contributed by atoms with Crippen molar-refractivity contribution >= 4 is 31.8 Å². The minimum Gasteiger partial charge on any atom is -0.465 e. The van der Waals surface area contributed by atoms with Crippen molar-refractivity contribution in [2.75, 3.05) is 44.6 Å². The van der Waals surface area contributed by atoms with Gasteiger partial charge in [-0.25, -0.2) is 0 Å². The number of anilines is 2. The zero-order chi connectivity index (χ0) is 30.5. The quantitative estimate of drug-likeness (QED) is 0.0938. The van der Waals surface area contributed by atoms with Gasteiger partial charge in [0, 0.05) is 46.2 Å². The fourth-order valence-corrected chi connectivity index (χ4v) is 10.0. The molecule has 0 saturated heterocycles. The third-order valence-corrected chi connectivity index (χ3v) is 12.1. The number of rotatable bonds is 12. The lowest BCUT2D eigenvalue weighted by molar-refractivity contribution is -0.0613. The van der Waals surface area contributed by atoms with Gasteiger partial charge in [-0.3, -0.25) is 3.63 Å². The molecule has 0 amide bonds. The Morgan fingerprint density at radius 2 is 1.21 bits per heavy atom. The molecule has 0 saturated carbocycles. The molecule has 224 valence electrons. The third kappa shape index (κ3) is 6.93. The van der Waals surface area contributed by atoms with E-state index in [2.05, 4.69) is 0 Å². The fraction of sp³-hybridized carbons (Fsp3) is 0.273. The monoisotopic (exact) mass is 609 g/mol. The molecule has 0 aromatic heterocycles. The number of ether oxygens (including phenoxy) is 2. The predicted octanol–water partition coefficient (Wildman–Crippen LogP) is 7.57. The largest absolute Gasteiger partial charge is 0.465 e. The van der Waals surface area contributed by atoms with Crippen molar-refractivity contribution in [1.29, 1.82) is 0 Å². The molecular formula is C33H41N2O5S2+. The van der Waals surface area contributed by atoms with Gasteiger partial charge < -0.3 is 19.3 Å². The molecule has 7 nitrogen and oxygen atoms in total. The van der Waals surface area contributed by atoms with Gasteiger partial charge in [0.25, 0.3) is 0 Å². The highest BCUT2D eigenvalue weighted by Crippen LogP contribution is 2.69. The smallest absolute Gasteiger partial charge is 0.422 e. The summed E-state index contributed by atoms with van der Waals surface area (Å²) in [5.74, 6) is 0.624. The Kier molecular flexibility index (Phi) is 9.89. The molecule has 0 heterocycles. The normalized spacial score (nSPS) is 12.9. The van der Waals surface area contributed by atoms with Gasteiger partial charge in [-0.05, 0) is 93.6 Å². The van der Waals surface area contributed by atoms with Crippen LogP contribution in [0, 0.1) is 6.92 Å². The highest BCUT2D eigenvalue weighted by molar-refractivity contribution is 8.32. The summed E-state index contributed by atoms with van der Waals surface area (Å²) in [6.07, 6.45) is -0.418. The molecule has 1 unspecified atom stereocenters. The summed E-state index contributed by atoms with van der Waals surface area (Å²) in [5.41, 5.74) is 2.87. The van der Waals surface area contributed by atoms with Crippen molar-refractivity contribution in [3.05, 3.63) is 103 Å². The van der Waals surface area contributed by atoms with E-state index in [4.69, 9.17) is 13.1 Å². The molecule has 42 heavy (non-hydrogen) atoms. The van der Waals surface area contributed by atoms with Crippen molar-refractivity contribution < 1.29 is 21.5 Å². The number of aryl methyl sites for hydroxylation is 1. The van der Waals surface area contributed by atoms with Crippen LogP contribution >= 0.6 is 10.3 Å². The van der Waals surface area contributed by atoms with E-state index in [1.165, 1.54) is 0 Å². The third-order valence-electron chi connectivity index (χ3n) is 6.75. The summed E-state index contributed by atoms with van der Waals surface area (Å²) in [4.78, 5) is 6.53. The van der Waals surface area contributed by atoms with Crippen LogP contribution in [0.2, 0.25) is 0 Å². The molecule has 9 heteroatoms. The van der Waals surface area contributed by atoms with Gasteiger partial charge in [-0.15, -0.1) is 8.42 Å². The van der Waals surface area contributed by atoms with Gasteiger partial charge in [0.05, 0.1) is 25.0 Å². The lowest BCUT2D eigenvalue weighted by Gasteiger charge is -2.36. The van der Waals surface area contributed by atoms with Gasteiger partial charge in [-0.1, -0.05) is 29.8 Å². The molecule has 0 spiro atoms. The molecule has 0 fully saturated rings. The van der Waals surface area contributed by atoms with E-state index >= 15 is 0 Å². The van der Waals surface area contributed by atoms with Crippen molar-refractivity contribution in [2.45, 2.75) is 46.6 Å². The number of nitrogens with zero attached hydrogens (tertiary/aromatic N) is 2. The van der Waals surface area contributed by atoms with Crippen LogP contribution < -0.4 is 14.5 Å². The molecule has 1 N–H and O–H groups in total. The summed E-state index contributed by atoms with van der Waals surface area (Å²) in [6.45, 7) is 6.22. The Bertz CT molecular complexity index is 1540. The average Bonchev–Trinajstić information content (AvgIpc) is 2.97. The minimum atomic E-state index is -4.10. The molecule has 1 atom stereocenters. The summed E-state index contributed by atoms with van der Waals surface area (Å²) >= 11 is 0. The summed E-state index contributed by atoms with van der Waals surface area (Å²) in [7, 11) is 1.05. The molecule has 0 aliphatic carbocycles. The first-order chi connectivity index (χ1) is 20.0. The highest BCUT2D eigenvalue weighted by Gasteiger charge is 2.44. The van der Waals surface area contributed by atoms with Gasteiger partial charge in [0.2, 0.25) is 0 Å². The van der Waals surface area contributed by atoms with Crippen LogP contribution in [-0.4, -0.2) is 53.1 Å². The summed E-state index contributed by atoms with van der Waals surface area (Å²) in [5, 5.41) is 0. The number of hydrogen-bond acceptors (Lipinski definition) is 6. The van der Waals surface area contributed by atoms with E-state index in [9.17, 15) is 8.42 Å². The summed E-state index contributed by atoms with van der Waals surface area (Å²) in [6, 6.07) is 30.3. The van der Waals surface area contributed by atoms with Gasteiger partial charge >= 0.3 is 10.1 Å². The second kappa shape index (κ2) is 13.2. The van der Waals surface area contributed by atoms with Gasteiger partial charge in [0.1, 0.15) is 10.6 Å². The Balaban J connectivity index is 2.01. The fourth-order valence-electron chi connectivity index (χ4n) is 4.50. The van der Waals surface area contributed by atoms with Gasteiger partial charge in [0.15, 0.2) is 6.29 Å². The SMILES string of the molecule is CCOC(C)Oc1ccc(S([OH+]S(=O)(=O)c2ccc(C)cc2)(c2cccc(N(C)C)c2)c2cccc(N(C)C)c2)cc1. The minimum absolute atomic E-state index is 0.156. The van der Waals surface area contributed by atoms with Crippen molar-refractivity contribution in [3.63, 3.8) is 0 Å². The number of hydrogen-bond donors (Lipinski definition) is 0. The zero-order valence-electron chi connectivity index (χ0n) is 25.3. The molecule has 4 rings (SSSR count). The predicted molar refractivity (Wildman–Crippen MR) is 173 cm³/mol. The van der Waals surface area contributed by atoms with Crippen LogP contribution in [0.15, 0.2) is 117 Å². The van der Waals surface area contributed by atoms with Gasteiger partial charge in [-0.2, -0.15) is 0 Å². The second-order valence-corrected chi connectivity index (χ2v) is 14.9. The van der Waals surface area contributed by atoms with Crippen LogP contribution in [0.25, 0.3) is 0 Å². The highest BCUT2D eigenvalue weighted by atomic mass is 32.3. The molecule has 0 aliphatic heterocycles. The lowest BCUT2D eigenvalue weighted by Crippen LogP contribution is -2.20. The molecule has 4 aromatic rings. The van der Waals surface area contributed by atoms with Crippen LogP contribution in [-0.2, 0) is 14.9 Å². The van der Waals surface area contributed by atoms with Crippen molar-refractivity contribution in [2.24, 2.45) is 0 Å². The van der Waals surface area contributed by atoms with E-state index in [0.29, 0.717) is 12.4 Å². The average molecular weight is 610 g/mol. The standard InChI is InChI=1S/C33H40N2O5S2/c1-8-38-26(3)39-29-17-21-30(22-18-29)41(32-13-9-11-27(23-32)34(4)5,33-14-10-12-28(24-33)35(6)7)40-42(36,37)31-19-15-25(2)16-20-31/h9-24,26H,8H2,1-7H3/p+1. The molecule has 0 radical (unpaired) electrons. The van der Waals surface area contributed by atoms with E-state index < -0.39 is 26.7 Å². The van der Waals surface area contributed by atoms with Crippen LogP contribution in [0.3, 0.4) is 0 Å². The van der Waals surface area contributed by atoms with E-state index in [1.807, 2.05) is 132 Å². The van der Waals surface area contributed by atoms with E-state index in [0.717, 1.165) is 31.6 Å². The first kappa shape index (κ1) is 31.4. The molecule has 0 bridgehead atoms. The number of benzene rings is 4. The Morgan fingerprint density at radius 1 is 0.714 bits per heavy atom. The zero-order valence-corrected chi connectivity index (χ0v) is 26.9. The Hall–Kier alpha value is -3.50.